The van der Waals surface area contributed by atoms with Gasteiger partial charge >= 0.3 is 5.97 Å². The molecule has 91 valence electrons. The average Bonchev–Trinajstić information content (AvgIpc) is 2.30. The molecule has 0 fully saturated rings. The van der Waals surface area contributed by atoms with Crippen molar-refractivity contribution in [2.24, 2.45) is 0 Å². The van der Waals surface area contributed by atoms with Gasteiger partial charge in [-0.3, -0.25) is 15.3 Å². The van der Waals surface area contributed by atoms with Crippen molar-refractivity contribution in [2.45, 2.75) is 26.2 Å². The molecule has 4 heteroatoms. The predicted molar refractivity (Wildman–Crippen MR) is 63.4 cm³/mol. The molecule has 0 bridgehead atoms. The van der Waals surface area contributed by atoms with Gasteiger partial charge in [0.05, 0.1) is 6.61 Å². The van der Waals surface area contributed by atoms with Crippen molar-refractivity contribution in [3.63, 3.8) is 0 Å². The Balaban J connectivity index is 2.37. The molecular weight excluding hydrogens is 218 g/mol. The highest BCUT2D eigenvalue weighted by Crippen LogP contribution is 2.08. The van der Waals surface area contributed by atoms with E-state index in [2.05, 4.69) is 0 Å². The monoisotopic (exact) mass is 234 g/mol. The van der Waals surface area contributed by atoms with Crippen LogP contribution in [0.5, 0.6) is 0 Å². The van der Waals surface area contributed by atoms with E-state index in [1.807, 2.05) is 12.1 Å². The van der Waals surface area contributed by atoms with Gasteiger partial charge in [-0.1, -0.05) is 12.1 Å². The average molecular weight is 234 g/mol. The Kier molecular flexibility index (Phi) is 5.20. The van der Waals surface area contributed by atoms with Crippen LogP contribution in [0, 0.1) is 0 Å². The smallest absolute Gasteiger partial charge is 0.305 e. The summed E-state index contributed by atoms with van der Waals surface area (Å²) in [6.45, 7) is 2.20. The van der Waals surface area contributed by atoms with Crippen LogP contribution in [0.4, 0.5) is 0 Å². The van der Waals surface area contributed by atoms with E-state index in [1.54, 1.807) is 19.1 Å². The summed E-state index contributed by atoms with van der Waals surface area (Å²) < 4.78 is 4.82. The zero-order valence-electron chi connectivity index (χ0n) is 9.86. The third-order valence-electron chi connectivity index (χ3n) is 2.37. The van der Waals surface area contributed by atoms with E-state index >= 15 is 0 Å². The molecular formula is C13H16NO3. The lowest BCUT2D eigenvalue weighted by Crippen LogP contribution is -2.04. The summed E-state index contributed by atoms with van der Waals surface area (Å²) in [6.07, 6.45) is 1.91. The molecule has 0 saturated heterocycles. The Labute approximate surface area is 101 Å². The summed E-state index contributed by atoms with van der Waals surface area (Å²) in [5.41, 5.74) is 8.37. The van der Waals surface area contributed by atoms with Gasteiger partial charge in [-0.05, 0) is 37.5 Å². The first-order chi connectivity index (χ1) is 8.13. The van der Waals surface area contributed by atoms with Gasteiger partial charge in [0, 0.05) is 12.0 Å². The number of carbonyl (C=O) groups excluding carboxylic acids is 2. The molecule has 0 unspecified atom stereocenters. The maximum absolute atomic E-state index is 11.1. The van der Waals surface area contributed by atoms with Crippen molar-refractivity contribution in [2.75, 3.05) is 6.61 Å². The second kappa shape index (κ2) is 6.68. The highest BCUT2D eigenvalue weighted by atomic mass is 16.5. The fourth-order valence-corrected chi connectivity index (χ4v) is 1.49. The number of hydrogen-bond acceptors (Lipinski definition) is 3. The van der Waals surface area contributed by atoms with Crippen LogP contribution in [0.25, 0.3) is 0 Å². The molecule has 1 aromatic rings. The molecule has 1 amide bonds. The Morgan fingerprint density at radius 1 is 1.24 bits per heavy atom. The summed E-state index contributed by atoms with van der Waals surface area (Å²) >= 11 is 0. The van der Waals surface area contributed by atoms with Gasteiger partial charge in [-0.25, -0.2) is 0 Å². The number of esters is 1. The molecule has 1 N–H and O–H groups in total. The van der Waals surface area contributed by atoms with Crippen LogP contribution < -0.4 is 5.73 Å². The minimum atomic E-state index is -0.678. The lowest BCUT2D eigenvalue weighted by Gasteiger charge is -2.03. The standard InChI is InChI=1S/C13H16NO3/c1-2-17-12(15)5-3-4-10-6-8-11(9-7-10)13(14)16/h6-9,14H,2-5H2,1H3. The fourth-order valence-electron chi connectivity index (χ4n) is 1.49. The second-order valence-corrected chi connectivity index (χ2v) is 3.68. The molecule has 17 heavy (non-hydrogen) atoms. The minimum absolute atomic E-state index is 0.176. The van der Waals surface area contributed by atoms with E-state index in [-0.39, 0.29) is 5.97 Å². The molecule has 1 aromatic carbocycles. The highest BCUT2D eigenvalue weighted by molar-refractivity contribution is 5.92. The minimum Gasteiger partial charge on any atom is -0.466 e. The fraction of sp³-hybridized carbons (Fsp3) is 0.385. The van der Waals surface area contributed by atoms with Gasteiger partial charge in [0.15, 0.2) is 0 Å². The molecule has 0 aliphatic heterocycles. The summed E-state index contributed by atoms with van der Waals surface area (Å²) in [5.74, 6) is -0.853. The number of benzene rings is 1. The SMILES string of the molecule is CCOC(=O)CCCc1ccc(C([NH])=O)cc1. The molecule has 0 heterocycles. The van der Waals surface area contributed by atoms with Gasteiger partial charge in [0.1, 0.15) is 0 Å². The van der Waals surface area contributed by atoms with Crippen LogP contribution in [-0.4, -0.2) is 18.5 Å². The molecule has 4 nitrogen and oxygen atoms in total. The summed E-state index contributed by atoms with van der Waals surface area (Å²) in [5, 5.41) is 0. The molecule has 1 radical (unpaired) electrons. The first kappa shape index (κ1) is 13.2. The Morgan fingerprint density at radius 3 is 2.41 bits per heavy atom. The number of ether oxygens (including phenoxy) is 1. The lowest BCUT2D eigenvalue weighted by atomic mass is 10.1. The van der Waals surface area contributed by atoms with Gasteiger partial charge in [0.25, 0.3) is 5.91 Å². The first-order valence-electron chi connectivity index (χ1n) is 5.64. The van der Waals surface area contributed by atoms with E-state index in [1.165, 1.54) is 0 Å². The van der Waals surface area contributed by atoms with Crippen molar-refractivity contribution in [3.05, 3.63) is 35.4 Å². The Morgan fingerprint density at radius 2 is 1.88 bits per heavy atom. The predicted octanol–water partition coefficient (Wildman–Crippen LogP) is 2.00. The van der Waals surface area contributed by atoms with Gasteiger partial charge < -0.3 is 4.74 Å². The van der Waals surface area contributed by atoms with Crippen molar-refractivity contribution >= 4 is 11.9 Å². The quantitative estimate of drug-likeness (QED) is 0.707. The highest BCUT2D eigenvalue weighted by Gasteiger charge is 2.03. The summed E-state index contributed by atoms with van der Waals surface area (Å²) in [7, 11) is 0. The molecule has 0 spiro atoms. The lowest BCUT2D eigenvalue weighted by molar-refractivity contribution is -0.143. The van der Waals surface area contributed by atoms with Crippen LogP contribution in [0.1, 0.15) is 35.7 Å². The molecule has 0 aromatic heterocycles. The third kappa shape index (κ3) is 4.68. The molecule has 1 rings (SSSR count). The van der Waals surface area contributed by atoms with Gasteiger partial charge in [-0.2, -0.15) is 0 Å². The Bertz CT molecular complexity index is 384. The zero-order valence-corrected chi connectivity index (χ0v) is 9.86. The maximum atomic E-state index is 11.1. The van der Waals surface area contributed by atoms with Gasteiger partial charge in [0.2, 0.25) is 0 Å². The Hall–Kier alpha value is -1.84. The van der Waals surface area contributed by atoms with Crippen molar-refractivity contribution in [1.29, 1.82) is 0 Å². The normalized spacial score (nSPS) is 9.94. The third-order valence-corrected chi connectivity index (χ3v) is 2.37. The van der Waals surface area contributed by atoms with Crippen LogP contribution in [0.2, 0.25) is 0 Å². The second-order valence-electron chi connectivity index (χ2n) is 3.68. The molecule has 0 saturated carbocycles. The molecule has 0 aliphatic carbocycles. The topological polar surface area (TPSA) is 67.2 Å². The van der Waals surface area contributed by atoms with Crippen molar-refractivity contribution < 1.29 is 14.3 Å². The number of carbonyl (C=O) groups is 2. The number of nitrogens with one attached hydrogen (secondary N) is 1. The molecule has 0 atom stereocenters. The van der Waals surface area contributed by atoms with E-state index < -0.39 is 5.91 Å². The van der Waals surface area contributed by atoms with Gasteiger partial charge in [-0.15, -0.1) is 0 Å². The van der Waals surface area contributed by atoms with Crippen LogP contribution in [0.15, 0.2) is 24.3 Å². The van der Waals surface area contributed by atoms with E-state index in [4.69, 9.17) is 10.5 Å². The van der Waals surface area contributed by atoms with Crippen molar-refractivity contribution in [1.82, 2.24) is 5.73 Å². The largest absolute Gasteiger partial charge is 0.466 e. The first-order valence-corrected chi connectivity index (χ1v) is 5.64. The summed E-state index contributed by atoms with van der Waals surface area (Å²) in [4.78, 5) is 21.8. The zero-order chi connectivity index (χ0) is 12.7. The maximum Gasteiger partial charge on any atom is 0.305 e. The summed E-state index contributed by atoms with van der Waals surface area (Å²) in [6, 6.07) is 6.89. The van der Waals surface area contributed by atoms with Crippen LogP contribution >= 0.6 is 0 Å². The van der Waals surface area contributed by atoms with E-state index in [0.717, 1.165) is 18.4 Å². The number of rotatable bonds is 6. The van der Waals surface area contributed by atoms with Crippen LogP contribution in [-0.2, 0) is 16.0 Å². The van der Waals surface area contributed by atoms with Crippen LogP contribution in [0.3, 0.4) is 0 Å². The van der Waals surface area contributed by atoms with Crippen molar-refractivity contribution in [3.8, 4) is 0 Å². The number of aryl methyl sites for hydroxylation is 1. The molecule has 0 aliphatic rings. The number of hydrogen-bond donors (Lipinski definition) is 0. The van der Waals surface area contributed by atoms with E-state index in [9.17, 15) is 9.59 Å². The number of amides is 1. The van der Waals surface area contributed by atoms with E-state index in [0.29, 0.717) is 18.6 Å².